The molecule has 0 atom stereocenters. The van der Waals surface area contributed by atoms with Gasteiger partial charge in [0.05, 0.1) is 17.1 Å². The predicted octanol–water partition coefficient (Wildman–Crippen LogP) is 1.56. The molecule has 0 radical (unpaired) electrons. The monoisotopic (exact) mass is 414 g/mol. The first-order valence-electron chi connectivity index (χ1n) is 9.97. The van der Waals surface area contributed by atoms with Crippen LogP contribution >= 0.6 is 11.3 Å². The SMILES string of the molecule is O=C(CN1CCN(c2ccccc2O)CC1)N1CCN(C(=O)c2cccs2)CC1. The molecule has 7 nitrogen and oxygen atoms in total. The highest BCUT2D eigenvalue weighted by atomic mass is 32.1. The van der Waals surface area contributed by atoms with E-state index in [1.165, 1.54) is 11.3 Å². The molecule has 4 rings (SSSR count). The Morgan fingerprint density at radius 3 is 2.21 bits per heavy atom. The number of thiophene rings is 1. The number of hydrogen-bond acceptors (Lipinski definition) is 6. The van der Waals surface area contributed by atoms with Crippen molar-refractivity contribution in [3.05, 3.63) is 46.7 Å². The third-order valence-electron chi connectivity index (χ3n) is 5.61. The van der Waals surface area contributed by atoms with Crippen LogP contribution in [0.3, 0.4) is 0 Å². The van der Waals surface area contributed by atoms with Crippen LogP contribution in [0.5, 0.6) is 5.75 Å². The molecule has 2 aromatic rings. The zero-order valence-electron chi connectivity index (χ0n) is 16.4. The van der Waals surface area contributed by atoms with Crippen LogP contribution in [0.2, 0.25) is 0 Å². The Morgan fingerprint density at radius 2 is 1.55 bits per heavy atom. The van der Waals surface area contributed by atoms with Crippen molar-refractivity contribution in [3.8, 4) is 5.75 Å². The van der Waals surface area contributed by atoms with E-state index in [1.807, 2.05) is 45.5 Å². The molecule has 154 valence electrons. The Labute approximate surface area is 174 Å². The van der Waals surface area contributed by atoms with Crippen LogP contribution < -0.4 is 4.90 Å². The summed E-state index contributed by atoms with van der Waals surface area (Å²) < 4.78 is 0. The van der Waals surface area contributed by atoms with Crippen molar-refractivity contribution in [1.29, 1.82) is 0 Å². The summed E-state index contributed by atoms with van der Waals surface area (Å²) in [5, 5.41) is 11.9. The number of para-hydroxylation sites is 2. The van der Waals surface area contributed by atoms with E-state index in [2.05, 4.69) is 9.80 Å². The number of nitrogens with zero attached hydrogens (tertiary/aromatic N) is 4. The van der Waals surface area contributed by atoms with E-state index in [9.17, 15) is 14.7 Å². The third kappa shape index (κ3) is 4.54. The Morgan fingerprint density at radius 1 is 0.862 bits per heavy atom. The number of hydrogen-bond donors (Lipinski definition) is 1. The highest BCUT2D eigenvalue weighted by molar-refractivity contribution is 7.12. The molecule has 2 fully saturated rings. The molecule has 2 aliphatic heterocycles. The highest BCUT2D eigenvalue weighted by Gasteiger charge is 2.27. The van der Waals surface area contributed by atoms with Gasteiger partial charge in [-0.1, -0.05) is 18.2 Å². The molecule has 0 unspecified atom stereocenters. The molecule has 0 aliphatic carbocycles. The van der Waals surface area contributed by atoms with E-state index in [4.69, 9.17) is 0 Å². The fourth-order valence-electron chi connectivity index (χ4n) is 3.88. The molecule has 2 amide bonds. The molecule has 3 heterocycles. The number of piperazine rings is 2. The molecule has 0 spiro atoms. The maximum atomic E-state index is 12.7. The normalized spacial score (nSPS) is 18.1. The van der Waals surface area contributed by atoms with E-state index < -0.39 is 0 Å². The number of benzene rings is 1. The van der Waals surface area contributed by atoms with Gasteiger partial charge in [-0.25, -0.2) is 0 Å². The van der Waals surface area contributed by atoms with Gasteiger partial charge in [0.25, 0.3) is 5.91 Å². The van der Waals surface area contributed by atoms with Crippen LogP contribution in [-0.2, 0) is 4.79 Å². The second-order valence-corrected chi connectivity index (χ2v) is 8.35. The molecule has 1 N–H and O–H groups in total. The van der Waals surface area contributed by atoms with Gasteiger partial charge in [-0.2, -0.15) is 0 Å². The van der Waals surface area contributed by atoms with Crippen molar-refractivity contribution >= 4 is 28.8 Å². The Bertz CT molecular complexity index is 841. The minimum absolute atomic E-state index is 0.0624. The van der Waals surface area contributed by atoms with Crippen LogP contribution in [-0.4, -0.2) is 90.5 Å². The van der Waals surface area contributed by atoms with Gasteiger partial charge < -0.3 is 19.8 Å². The number of phenols is 1. The Hall–Kier alpha value is -2.58. The van der Waals surface area contributed by atoms with Crippen LogP contribution in [0.15, 0.2) is 41.8 Å². The van der Waals surface area contributed by atoms with Gasteiger partial charge in [-0.05, 0) is 23.6 Å². The fourth-order valence-corrected chi connectivity index (χ4v) is 4.58. The van der Waals surface area contributed by atoms with E-state index >= 15 is 0 Å². The number of anilines is 1. The van der Waals surface area contributed by atoms with E-state index in [0.29, 0.717) is 38.5 Å². The Kier molecular flexibility index (Phi) is 6.01. The second-order valence-electron chi connectivity index (χ2n) is 7.40. The Balaban J connectivity index is 1.23. The number of phenolic OH excluding ortho intramolecular Hbond substituents is 1. The molecule has 0 bridgehead atoms. The van der Waals surface area contributed by atoms with Gasteiger partial charge in [0, 0.05) is 52.4 Å². The van der Waals surface area contributed by atoms with Crippen molar-refractivity contribution in [3.63, 3.8) is 0 Å². The first kappa shape index (κ1) is 19.7. The molecule has 29 heavy (non-hydrogen) atoms. The largest absolute Gasteiger partial charge is 0.506 e. The zero-order chi connectivity index (χ0) is 20.2. The predicted molar refractivity (Wildman–Crippen MR) is 114 cm³/mol. The van der Waals surface area contributed by atoms with Crippen molar-refractivity contribution in [2.24, 2.45) is 0 Å². The molecule has 2 aliphatic rings. The summed E-state index contributed by atoms with van der Waals surface area (Å²) in [6.45, 7) is 5.91. The molecule has 2 saturated heterocycles. The molecule has 8 heteroatoms. The smallest absolute Gasteiger partial charge is 0.264 e. The first-order valence-corrected chi connectivity index (χ1v) is 10.9. The lowest BCUT2D eigenvalue weighted by Gasteiger charge is -2.38. The van der Waals surface area contributed by atoms with Crippen LogP contribution in [0.4, 0.5) is 5.69 Å². The van der Waals surface area contributed by atoms with Crippen molar-refractivity contribution in [2.75, 3.05) is 63.8 Å². The lowest BCUT2D eigenvalue weighted by Crippen LogP contribution is -2.54. The molecule has 1 aromatic carbocycles. The lowest BCUT2D eigenvalue weighted by atomic mass is 10.2. The third-order valence-corrected chi connectivity index (χ3v) is 6.46. The quantitative estimate of drug-likeness (QED) is 0.823. The van der Waals surface area contributed by atoms with Crippen LogP contribution in [0.1, 0.15) is 9.67 Å². The molecular formula is C21H26N4O3S. The topological polar surface area (TPSA) is 67.3 Å². The molecular weight excluding hydrogens is 388 g/mol. The van der Waals surface area contributed by atoms with Gasteiger partial charge in [-0.15, -0.1) is 11.3 Å². The lowest BCUT2D eigenvalue weighted by molar-refractivity contribution is -0.134. The summed E-state index contributed by atoms with van der Waals surface area (Å²) in [6, 6.07) is 11.1. The minimum atomic E-state index is 0.0624. The van der Waals surface area contributed by atoms with Gasteiger partial charge >= 0.3 is 0 Å². The maximum absolute atomic E-state index is 12.7. The highest BCUT2D eigenvalue weighted by Crippen LogP contribution is 2.27. The summed E-state index contributed by atoms with van der Waals surface area (Å²) in [7, 11) is 0. The first-order chi connectivity index (χ1) is 14.1. The maximum Gasteiger partial charge on any atom is 0.264 e. The van der Waals surface area contributed by atoms with Gasteiger partial charge in [-0.3, -0.25) is 14.5 Å². The standard InChI is InChI=1S/C21H26N4O3S/c26-18-5-2-1-4-17(18)23-9-7-22(8-10-23)16-20(27)24-11-13-25(14-12-24)21(28)19-6-3-15-29-19/h1-6,15,26H,7-14,16H2. The number of rotatable bonds is 4. The van der Waals surface area contributed by atoms with Crippen molar-refractivity contribution < 1.29 is 14.7 Å². The number of carbonyl (C=O) groups is 2. The second kappa shape index (κ2) is 8.84. The van der Waals surface area contributed by atoms with Gasteiger partial charge in [0.15, 0.2) is 0 Å². The number of aromatic hydroxyl groups is 1. The molecule has 0 saturated carbocycles. The van der Waals surface area contributed by atoms with Crippen molar-refractivity contribution in [1.82, 2.24) is 14.7 Å². The summed E-state index contributed by atoms with van der Waals surface area (Å²) in [5.74, 6) is 0.489. The zero-order valence-corrected chi connectivity index (χ0v) is 17.2. The summed E-state index contributed by atoms with van der Waals surface area (Å²) >= 11 is 1.46. The summed E-state index contributed by atoms with van der Waals surface area (Å²) in [6.07, 6.45) is 0. The number of carbonyl (C=O) groups excluding carboxylic acids is 2. The average molecular weight is 415 g/mol. The minimum Gasteiger partial charge on any atom is -0.506 e. The average Bonchev–Trinajstić information content (AvgIpc) is 3.29. The summed E-state index contributed by atoms with van der Waals surface area (Å²) in [4.78, 5) is 33.9. The van der Waals surface area contributed by atoms with E-state index in [0.717, 1.165) is 36.7 Å². The van der Waals surface area contributed by atoms with E-state index in [1.54, 1.807) is 6.07 Å². The fraction of sp³-hybridized carbons (Fsp3) is 0.429. The summed E-state index contributed by atoms with van der Waals surface area (Å²) in [5.41, 5.74) is 0.852. The van der Waals surface area contributed by atoms with Crippen LogP contribution in [0.25, 0.3) is 0 Å². The van der Waals surface area contributed by atoms with Gasteiger partial charge in [0.2, 0.25) is 5.91 Å². The van der Waals surface area contributed by atoms with Gasteiger partial charge in [0.1, 0.15) is 5.75 Å². The number of amides is 2. The van der Waals surface area contributed by atoms with Crippen molar-refractivity contribution in [2.45, 2.75) is 0 Å². The van der Waals surface area contributed by atoms with E-state index in [-0.39, 0.29) is 11.8 Å². The molecule has 1 aromatic heterocycles. The van der Waals surface area contributed by atoms with Crippen LogP contribution in [0, 0.1) is 0 Å².